The van der Waals surface area contributed by atoms with Crippen LogP contribution < -0.4 is 0 Å². The van der Waals surface area contributed by atoms with E-state index in [0.29, 0.717) is 23.6 Å². The summed E-state index contributed by atoms with van der Waals surface area (Å²) in [6.07, 6.45) is 5.63. The Hall–Kier alpha value is -9.33. The molecule has 14 aromatic rings. The van der Waals surface area contributed by atoms with Gasteiger partial charge in [-0.1, -0.05) is 183 Å². The van der Waals surface area contributed by atoms with E-state index in [9.17, 15) is 0 Å². The van der Waals surface area contributed by atoms with E-state index in [2.05, 4.69) is 250 Å². The molecule has 1 aliphatic rings. The molecular weight excluding hydrogens is 867 g/mol. The second-order valence-electron chi connectivity index (χ2n) is 18.9. The second kappa shape index (κ2) is 15.3. The second-order valence-corrected chi connectivity index (χ2v) is 18.9. The third-order valence-electron chi connectivity index (χ3n) is 14.8. The molecular formula is C64H43N7. The molecule has 5 heterocycles. The van der Waals surface area contributed by atoms with Crippen LogP contribution in [0.15, 0.2) is 218 Å². The molecule has 0 saturated carbocycles. The topological polar surface area (TPSA) is 58.4 Å². The number of nitrogens with zero attached hydrogens (tertiary/aromatic N) is 7. The van der Waals surface area contributed by atoms with Crippen molar-refractivity contribution in [3.05, 3.63) is 230 Å². The van der Waals surface area contributed by atoms with Gasteiger partial charge in [0.15, 0.2) is 5.82 Å². The number of benzene rings is 9. The number of fused-ring (bicyclic) bond motifs is 14. The molecule has 15 rings (SSSR count). The van der Waals surface area contributed by atoms with E-state index in [-0.39, 0.29) is 0 Å². The molecule has 334 valence electrons. The zero-order valence-electron chi connectivity index (χ0n) is 38.8. The Morgan fingerprint density at radius 3 is 1.31 bits per heavy atom. The van der Waals surface area contributed by atoms with Crippen LogP contribution in [0.1, 0.15) is 18.2 Å². The van der Waals surface area contributed by atoms with Gasteiger partial charge in [0.05, 0.1) is 38.6 Å². The molecule has 0 fully saturated rings. The molecule has 7 heteroatoms. The van der Waals surface area contributed by atoms with Crippen LogP contribution in [0.2, 0.25) is 0 Å². The van der Waals surface area contributed by atoms with Crippen molar-refractivity contribution in [3.8, 4) is 45.8 Å². The monoisotopic (exact) mass is 909 g/mol. The summed E-state index contributed by atoms with van der Waals surface area (Å²) in [5, 5.41) is 8.09. The van der Waals surface area contributed by atoms with E-state index in [1.807, 2.05) is 0 Å². The van der Waals surface area contributed by atoms with Gasteiger partial charge in [-0.2, -0.15) is 15.0 Å². The fourth-order valence-corrected chi connectivity index (χ4v) is 11.7. The minimum atomic E-state index is 0.416. The first kappa shape index (κ1) is 39.6. The molecule has 0 saturated heterocycles. The van der Waals surface area contributed by atoms with Crippen LogP contribution in [0, 0.1) is 5.92 Å². The molecule has 0 bridgehead atoms. The Morgan fingerprint density at radius 2 is 0.761 bits per heavy atom. The number of allylic oxidation sites excluding steroid dienone is 1. The number of hydrogen-bond donors (Lipinski definition) is 0. The summed E-state index contributed by atoms with van der Waals surface area (Å²) >= 11 is 0. The van der Waals surface area contributed by atoms with Crippen LogP contribution >= 0.6 is 0 Å². The van der Waals surface area contributed by atoms with Crippen LogP contribution in [-0.4, -0.2) is 33.2 Å². The van der Waals surface area contributed by atoms with Gasteiger partial charge in [-0.25, -0.2) is 0 Å². The van der Waals surface area contributed by atoms with E-state index in [1.54, 1.807) is 0 Å². The summed E-state index contributed by atoms with van der Waals surface area (Å²) in [7, 11) is 0. The maximum atomic E-state index is 5.75. The lowest BCUT2D eigenvalue weighted by atomic mass is 9.93. The Morgan fingerprint density at radius 1 is 0.352 bits per heavy atom. The quantitative estimate of drug-likeness (QED) is 0.167. The van der Waals surface area contributed by atoms with Gasteiger partial charge in [-0.3, -0.25) is 9.13 Å². The molecule has 71 heavy (non-hydrogen) atoms. The normalized spacial score (nSPS) is 13.7. The molecule has 0 aliphatic heterocycles. The van der Waals surface area contributed by atoms with Crippen molar-refractivity contribution in [1.82, 2.24) is 33.2 Å². The lowest BCUT2D eigenvalue weighted by molar-refractivity contribution is 0.718. The highest BCUT2D eigenvalue weighted by molar-refractivity contribution is 6.24. The van der Waals surface area contributed by atoms with Gasteiger partial charge in [-0.15, -0.1) is 0 Å². The summed E-state index contributed by atoms with van der Waals surface area (Å²) in [5.74, 6) is 2.08. The van der Waals surface area contributed by atoms with Gasteiger partial charge < -0.3 is 9.13 Å². The minimum Gasteiger partial charge on any atom is -0.308 e. The first-order valence-corrected chi connectivity index (χ1v) is 24.4. The highest BCUT2D eigenvalue weighted by atomic mass is 15.3. The first-order valence-electron chi connectivity index (χ1n) is 24.4. The van der Waals surface area contributed by atoms with Crippen LogP contribution in [-0.2, 0) is 6.42 Å². The Balaban J connectivity index is 1.10. The first-order chi connectivity index (χ1) is 35.2. The molecule has 1 aliphatic carbocycles. The van der Waals surface area contributed by atoms with Gasteiger partial charge in [-0.05, 0) is 77.6 Å². The molecule has 1 atom stereocenters. The van der Waals surface area contributed by atoms with E-state index < -0.39 is 0 Å². The number of hydrogen-bond acceptors (Lipinski definition) is 3. The summed E-state index contributed by atoms with van der Waals surface area (Å²) in [5.41, 5.74) is 15.4. The Labute approximate surface area is 408 Å². The van der Waals surface area contributed by atoms with Crippen molar-refractivity contribution in [3.63, 3.8) is 0 Å². The van der Waals surface area contributed by atoms with Crippen molar-refractivity contribution in [2.45, 2.75) is 13.3 Å². The third-order valence-corrected chi connectivity index (χ3v) is 14.8. The Kier molecular flexibility index (Phi) is 8.56. The van der Waals surface area contributed by atoms with Crippen molar-refractivity contribution in [1.29, 1.82) is 0 Å². The zero-order chi connectivity index (χ0) is 46.7. The fourth-order valence-electron chi connectivity index (χ4n) is 11.7. The van der Waals surface area contributed by atoms with Gasteiger partial charge in [0.2, 0.25) is 11.9 Å². The smallest absolute Gasteiger partial charge is 0.240 e. The van der Waals surface area contributed by atoms with Crippen molar-refractivity contribution < 1.29 is 0 Å². The lowest BCUT2D eigenvalue weighted by Gasteiger charge is -2.16. The van der Waals surface area contributed by atoms with Gasteiger partial charge in [0.25, 0.3) is 0 Å². The van der Waals surface area contributed by atoms with Crippen molar-refractivity contribution in [2.24, 2.45) is 5.92 Å². The lowest BCUT2D eigenvalue weighted by Crippen LogP contribution is -2.11. The predicted octanol–water partition coefficient (Wildman–Crippen LogP) is 15.6. The highest BCUT2D eigenvalue weighted by Crippen LogP contribution is 2.45. The summed E-state index contributed by atoms with van der Waals surface area (Å²) in [4.78, 5) is 16.9. The van der Waals surface area contributed by atoms with Gasteiger partial charge in [0, 0.05) is 60.3 Å². The van der Waals surface area contributed by atoms with Crippen LogP contribution in [0.3, 0.4) is 0 Å². The average molecular weight is 910 g/mol. The zero-order valence-corrected chi connectivity index (χ0v) is 38.8. The Bertz CT molecular complexity index is 4480. The van der Waals surface area contributed by atoms with E-state index in [0.717, 1.165) is 100 Å². The molecule has 5 aromatic heterocycles. The molecule has 0 spiro atoms. The van der Waals surface area contributed by atoms with Crippen LogP contribution in [0.5, 0.6) is 0 Å². The van der Waals surface area contributed by atoms with Crippen LogP contribution in [0.4, 0.5) is 0 Å². The molecule has 1 unspecified atom stereocenters. The van der Waals surface area contributed by atoms with Gasteiger partial charge in [0.1, 0.15) is 0 Å². The average Bonchev–Trinajstić information content (AvgIpc) is 4.17. The summed E-state index contributed by atoms with van der Waals surface area (Å²) in [6, 6.07) is 75.9. The largest absolute Gasteiger partial charge is 0.308 e. The predicted molar refractivity (Wildman–Crippen MR) is 292 cm³/mol. The van der Waals surface area contributed by atoms with Crippen molar-refractivity contribution in [2.75, 3.05) is 0 Å². The summed E-state index contributed by atoms with van der Waals surface area (Å²) in [6.45, 7) is 2.31. The highest BCUT2D eigenvalue weighted by Gasteiger charge is 2.28. The molecule has 9 aromatic carbocycles. The molecule has 0 N–H and O–H groups in total. The SMILES string of the molecule is CC1C=Cc2c(c3ccc4c5ccccc5n(-c5nc(-c6ccc(-c7ccccc7)cc6)nc(-n6c7ccccc7c7ccc8c9ccccc9n(-c9ccccc9)c8c76)n5)c4c3n2-c2ccccc2)C1. The fraction of sp³-hybridized carbons (Fsp3) is 0.0469. The van der Waals surface area contributed by atoms with Crippen molar-refractivity contribution >= 4 is 82.4 Å². The van der Waals surface area contributed by atoms with E-state index in [1.165, 1.54) is 22.0 Å². The molecule has 0 radical (unpaired) electrons. The third kappa shape index (κ3) is 5.87. The number of para-hydroxylation sites is 5. The number of rotatable bonds is 6. The molecule has 7 nitrogen and oxygen atoms in total. The van der Waals surface area contributed by atoms with E-state index >= 15 is 0 Å². The van der Waals surface area contributed by atoms with Gasteiger partial charge >= 0.3 is 0 Å². The maximum Gasteiger partial charge on any atom is 0.240 e. The standard InChI is InChI=1S/C64H43N7/c1-40-29-38-57-53(39-40)52-37-36-51-48-25-13-16-28-56(48)71(61(51)59(52)69(57)45-21-9-4-10-22-45)64-66-62(43-32-30-42(31-33-43)41-17-5-2-6-18-41)65-63(67-64)70-55-27-15-12-24-47(55)50-35-34-49-46-23-11-14-26-54(46)68(58(49)60(50)70)44-19-7-3-8-20-44/h2-38,40H,39H2,1H3. The molecule has 0 amide bonds. The number of aromatic nitrogens is 7. The minimum absolute atomic E-state index is 0.416. The van der Waals surface area contributed by atoms with Crippen LogP contribution in [0.25, 0.3) is 128 Å². The van der Waals surface area contributed by atoms with E-state index in [4.69, 9.17) is 15.0 Å². The maximum absolute atomic E-state index is 5.75. The summed E-state index contributed by atoms with van der Waals surface area (Å²) < 4.78 is 9.47.